The SMILES string of the molecule is CCOCC(C)CS(=O)(=O)N[C@H](C)C(=O)O. The van der Waals surface area contributed by atoms with Crippen molar-refractivity contribution in [2.75, 3.05) is 19.0 Å². The second-order valence-electron chi connectivity index (χ2n) is 3.72. The fourth-order valence-electron chi connectivity index (χ4n) is 1.11. The lowest BCUT2D eigenvalue weighted by atomic mass is 10.2. The molecule has 0 heterocycles. The van der Waals surface area contributed by atoms with Crippen LogP contribution >= 0.6 is 0 Å². The lowest BCUT2D eigenvalue weighted by Crippen LogP contribution is -2.41. The van der Waals surface area contributed by atoms with E-state index in [9.17, 15) is 13.2 Å². The summed E-state index contributed by atoms with van der Waals surface area (Å²) in [7, 11) is -3.57. The molecule has 2 atom stereocenters. The van der Waals surface area contributed by atoms with E-state index in [0.29, 0.717) is 13.2 Å². The molecule has 6 nitrogen and oxygen atoms in total. The molecular weight excluding hydrogens is 234 g/mol. The minimum absolute atomic E-state index is 0.134. The van der Waals surface area contributed by atoms with Gasteiger partial charge >= 0.3 is 5.97 Å². The van der Waals surface area contributed by atoms with Crippen LogP contribution in [0.25, 0.3) is 0 Å². The van der Waals surface area contributed by atoms with Gasteiger partial charge in [0.15, 0.2) is 0 Å². The zero-order valence-corrected chi connectivity index (χ0v) is 10.6. The highest BCUT2D eigenvalue weighted by atomic mass is 32.2. The highest BCUT2D eigenvalue weighted by molar-refractivity contribution is 7.89. The Labute approximate surface area is 96.0 Å². The summed E-state index contributed by atoms with van der Waals surface area (Å²) in [6.45, 7) is 5.72. The molecule has 0 bridgehead atoms. The van der Waals surface area contributed by atoms with Gasteiger partial charge in [-0.05, 0) is 19.8 Å². The summed E-state index contributed by atoms with van der Waals surface area (Å²) < 4.78 is 30.1. The van der Waals surface area contributed by atoms with Gasteiger partial charge in [-0.2, -0.15) is 0 Å². The van der Waals surface area contributed by atoms with Crippen LogP contribution < -0.4 is 4.72 Å². The Kier molecular flexibility index (Phi) is 6.54. The van der Waals surface area contributed by atoms with Crippen LogP contribution in [0.5, 0.6) is 0 Å². The summed E-state index contributed by atoms with van der Waals surface area (Å²) in [4.78, 5) is 10.5. The Bertz CT molecular complexity index is 314. The summed E-state index contributed by atoms with van der Waals surface area (Å²) in [5.41, 5.74) is 0. The quantitative estimate of drug-likeness (QED) is 0.637. The molecule has 0 amide bonds. The van der Waals surface area contributed by atoms with Gasteiger partial charge < -0.3 is 9.84 Å². The topological polar surface area (TPSA) is 92.7 Å². The Morgan fingerprint density at radius 2 is 2.00 bits per heavy atom. The third kappa shape index (κ3) is 6.76. The number of nitrogens with one attached hydrogen (secondary N) is 1. The predicted molar refractivity (Wildman–Crippen MR) is 59.7 cm³/mol. The van der Waals surface area contributed by atoms with Gasteiger partial charge in [0.25, 0.3) is 0 Å². The smallest absolute Gasteiger partial charge is 0.321 e. The normalized spacial score (nSPS) is 15.7. The van der Waals surface area contributed by atoms with Crippen LogP contribution in [0.4, 0.5) is 0 Å². The van der Waals surface area contributed by atoms with Gasteiger partial charge in [0.05, 0.1) is 12.4 Å². The number of carboxylic acids is 1. The number of carbonyl (C=O) groups is 1. The lowest BCUT2D eigenvalue weighted by Gasteiger charge is -2.14. The summed E-state index contributed by atoms with van der Waals surface area (Å²) in [5, 5.41) is 8.57. The molecule has 2 N–H and O–H groups in total. The number of hydrogen-bond donors (Lipinski definition) is 2. The van der Waals surface area contributed by atoms with Crippen LogP contribution in [-0.2, 0) is 19.6 Å². The maximum absolute atomic E-state index is 11.5. The monoisotopic (exact) mass is 253 g/mol. The highest BCUT2D eigenvalue weighted by Crippen LogP contribution is 2.01. The van der Waals surface area contributed by atoms with Crippen LogP contribution in [0.15, 0.2) is 0 Å². The third-order valence-corrected chi connectivity index (χ3v) is 3.56. The van der Waals surface area contributed by atoms with Gasteiger partial charge in [-0.15, -0.1) is 0 Å². The zero-order chi connectivity index (χ0) is 12.8. The molecule has 0 fully saturated rings. The molecule has 0 radical (unpaired) electrons. The first-order chi connectivity index (χ1) is 7.28. The van der Waals surface area contributed by atoms with E-state index >= 15 is 0 Å². The largest absolute Gasteiger partial charge is 0.480 e. The number of hydrogen-bond acceptors (Lipinski definition) is 4. The van der Waals surface area contributed by atoms with E-state index in [4.69, 9.17) is 9.84 Å². The summed E-state index contributed by atoms with van der Waals surface area (Å²) >= 11 is 0. The maximum Gasteiger partial charge on any atom is 0.321 e. The average Bonchev–Trinajstić information content (AvgIpc) is 2.12. The molecule has 0 aliphatic heterocycles. The third-order valence-electron chi connectivity index (χ3n) is 1.84. The summed E-state index contributed by atoms with van der Waals surface area (Å²) in [6, 6.07) is -1.11. The fourth-order valence-corrected chi connectivity index (χ4v) is 2.69. The zero-order valence-electron chi connectivity index (χ0n) is 9.76. The maximum atomic E-state index is 11.5. The second kappa shape index (κ2) is 6.82. The number of ether oxygens (including phenoxy) is 1. The van der Waals surface area contributed by atoms with Crippen molar-refractivity contribution in [2.24, 2.45) is 5.92 Å². The molecule has 0 aromatic rings. The molecular formula is C9H19NO5S. The van der Waals surface area contributed by atoms with E-state index in [1.54, 1.807) is 6.92 Å². The molecule has 1 unspecified atom stereocenters. The molecule has 16 heavy (non-hydrogen) atoms. The summed E-state index contributed by atoms with van der Waals surface area (Å²) in [5.74, 6) is -1.50. The van der Waals surface area contributed by atoms with Crippen LogP contribution in [0.3, 0.4) is 0 Å². The first-order valence-corrected chi connectivity index (χ1v) is 6.74. The van der Waals surface area contributed by atoms with E-state index < -0.39 is 22.0 Å². The Balaban J connectivity index is 4.19. The van der Waals surface area contributed by atoms with Gasteiger partial charge in [0.1, 0.15) is 6.04 Å². The lowest BCUT2D eigenvalue weighted by molar-refractivity contribution is -0.138. The average molecular weight is 253 g/mol. The van der Waals surface area contributed by atoms with Crippen LogP contribution in [0.1, 0.15) is 20.8 Å². The van der Waals surface area contributed by atoms with E-state index in [0.717, 1.165) is 0 Å². The first-order valence-electron chi connectivity index (χ1n) is 5.09. The minimum atomic E-state index is -3.57. The predicted octanol–water partition coefficient (Wildman–Crippen LogP) is 0.0515. The second-order valence-corrected chi connectivity index (χ2v) is 5.52. The van der Waals surface area contributed by atoms with Crippen molar-refractivity contribution in [2.45, 2.75) is 26.8 Å². The fraction of sp³-hybridized carbons (Fsp3) is 0.889. The molecule has 0 aliphatic carbocycles. The van der Waals surface area contributed by atoms with Crippen molar-refractivity contribution < 1.29 is 23.1 Å². The highest BCUT2D eigenvalue weighted by Gasteiger charge is 2.21. The molecule has 96 valence electrons. The Hall–Kier alpha value is -0.660. The van der Waals surface area contributed by atoms with Crippen LogP contribution in [-0.4, -0.2) is 44.5 Å². The van der Waals surface area contributed by atoms with Crippen LogP contribution in [0.2, 0.25) is 0 Å². The molecule has 0 aliphatic rings. The standard InChI is InChI=1S/C9H19NO5S/c1-4-15-5-7(2)6-16(13,14)10-8(3)9(11)12/h7-8,10H,4-6H2,1-3H3,(H,11,12)/t7?,8-/m1/s1. The number of rotatable bonds is 8. The molecule has 0 saturated carbocycles. The van der Waals surface area contributed by atoms with Gasteiger partial charge in [0, 0.05) is 6.61 Å². The summed E-state index contributed by atoms with van der Waals surface area (Å²) in [6.07, 6.45) is 0. The van der Waals surface area contributed by atoms with Crippen molar-refractivity contribution in [1.82, 2.24) is 4.72 Å². The molecule has 7 heteroatoms. The molecule has 0 aromatic carbocycles. The van der Waals surface area contributed by atoms with Crippen LogP contribution in [0, 0.1) is 5.92 Å². The van der Waals surface area contributed by atoms with Gasteiger partial charge in [0.2, 0.25) is 10.0 Å². The Morgan fingerprint density at radius 1 is 1.44 bits per heavy atom. The van der Waals surface area contributed by atoms with E-state index in [2.05, 4.69) is 4.72 Å². The van der Waals surface area contributed by atoms with Crippen molar-refractivity contribution in [3.05, 3.63) is 0 Å². The van der Waals surface area contributed by atoms with E-state index in [1.807, 2.05) is 6.92 Å². The van der Waals surface area contributed by atoms with Gasteiger partial charge in [-0.1, -0.05) is 6.92 Å². The molecule has 0 rings (SSSR count). The van der Waals surface area contributed by atoms with Gasteiger partial charge in [-0.3, -0.25) is 4.79 Å². The molecule has 0 aromatic heterocycles. The van der Waals surface area contributed by atoms with E-state index in [1.165, 1.54) is 6.92 Å². The Morgan fingerprint density at radius 3 is 2.44 bits per heavy atom. The van der Waals surface area contributed by atoms with Crippen molar-refractivity contribution in [1.29, 1.82) is 0 Å². The molecule has 0 saturated heterocycles. The number of sulfonamides is 1. The number of carboxylic acid groups (broad SMARTS) is 1. The van der Waals surface area contributed by atoms with E-state index in [-0.39, 0.29) is 11.7 Å². The first kappa shape index (κ1) is 15.3. The van der Waals surface area contributed by atoms with Crippen molar-refractivity contribution in [3.63, 3.8) is 0 Å². The van der Waals surface area contributed by atoms with Crippen molar-refractivity contribution >= 4 is 16.0 Å². The number of aliphatic carboxylic acids is 1. The van der Waals surface area contributed by atoms with Crippen molar-refractivity contribution in [3.8, 4) is 0 Å². The molecule has 0 spiro atoms. The minimum Gasteiger partial charge on any atom is -0.480 e. The van der Waals surface area contributed by atoms with Gasteiger partial charge in [-0.25, -0.2) is 13.1 Å².